The van der Waals surface area contributed by atoms with Crippen molar-refractivity contribution in [3.05, 3.63) is 30.2 Å². The monoisotopic (exact) mass is 357 g/mol. The molecular formula is C20H27N3O3. The lowest BCUT2D eigenvalue weighted by molar-refractivity contribution is -0.137. The van der Waals surface area contributed by atoms with Gasteiger partial charge in [-0.3, -0.25) is 4.79 Å². The lowest BCUT2D eigenvalue weighted by Gasteiger charge is -2.35. The molecule has 1 aromatic heterocycles. The first-order chi connectivity index (χ1) is 12.4. The van der Waals surface area contributed by atoms with Crippen LogP contribution in [0.2, 0.25) is 0 Å². The predicted octanol–water partition coefficient (Wildman–Crippen LogP) is 4.24. The zero-order valence-corrected chi connectivity index (χ0v) is 16.0. The summed E-state index contributed by atoms with van der Waals surface area (Å²) < 4.78 is 10.7. The van der Waals surface area contributed by atoms with E-state index in [1.807, 2.05) is 29.2 Å². The van der Waals surface area contributed by atoms with Crippen molar-refractivity contribution in [3.63, 3.8) is 0 Å². The van der Waals surface area contributed by atoms with Crippen LogP contribution in [0.4, 0.5) is 0 Å². The van der Waals surface area contributed by atoms with Gasteiger partial charge in [0, 0.05) is 18.5 Å². The van der Waals surface area contributed by atoms with E-state index in [0.29, 0.717) is 18.1 Å². The fourth-order valence-electron chi connectivity index (χ4n) is 3.27. The van der Waals surface area contributed by atoms with Crippen LogP contribution in [0.1, 0.15) is 58.4 Å². The van der Waals surface area contributed by atoms with Crippen LogP contribution >= 0.6 is 0 Å². The fraction of sp³-hybridized carbons (Fsp3) is 0.550. The van der Waals surface area contributed by atoms with E-state index in [9.17, 15) is 4.79 Å². The molecule has 0 saturated carbocycles. The Bertz CT molecular complexity index is 746. The van der Waals surface area contributed by atoms with Crippen LogP contribution in [0.25, 0.3) is 11.4 Å². The topological polar surface area (TPSA) is 68.5 Å². The van der Waals surface area contributed by atoms with Crippen molar-refractivity contribution in [3.8, 4) is 17.1 Å². The van der Waals surface area contributed by atoms with Crippen molar-refractivity contribution in [2.24, 2.45) is 5.41 Å². The van der Waals surface area contributed by atoms with Crippen molar-refractivity contribution in [2.75, 3.05) is 13.7 Å². The van der Waals surface area contributed by atoms with Gasteiger partial charge in [0.1, 0.15) is 11.8 Å². The highest BCUT2D eigenvalue weighted by atomic mass is 16.5. The van der Waals surface area contributed by atoms with Crippen LogP contribution in [0.3, 0.4) is 0 Å². The zero-order chi connectivity index (χ0) is 18.7. The molecule has 0 aliphatic carbocycles. The number of nitrogens with zero attached hydrogens (tertiary/aromatic N) is 3. The van der Waals surface area contributed by atoms with Crippen molar-refractivity contribution >= 4 is 5.91 Å². The summed E-state index contributed by atoms with van der Waals surface area (Å²) in [6.07, 6.45) is 3.46. The van der Waals surface area contributed by atoms with E-state index in [0.717, 1.165) is 37.1 Å². The lowest BCUT2D eigenvalue weighted by atomic mass is 9.90. The molecule has 2 heterocycles. The minimum absolute atomic E-state index is 0.0395. The number of methoxy groups -OCH3 is 1. The van der Waals surface area contributed by atoms with Crippen LogP contribution in [0.15, 0.2) is 28.8 Å². The van der Waals surface area contributed by atoms with Gasteiger partial charge in [-0.2, -0.15) is 4.98 Å². The fourth-order valence-corrected chi connectivity index (χ4v) is 3.27. The molecule has 6 nitrogen and oxygen atoms in total. The summed E-state index contributed by atoms with van der Waals surface area (Å²) in [5, 5.41) is 4.12. The number of amides is 1. The molecule has 1 saturated heterocycles. The molecule has 1 atom stereocenters. The quantitative estimate of drug-likeness (QED) is 0.819. The Morgan fingerprint density at radius 1 is 1.27 bits per heavy atom. The lowest BCUT2D eigenvalue weighted by Crippen LogP contribution is -2.40. The SMILES string of the molecule is COc1ccc(-c2noc([C@@H]3CCCCN3C(=O)CC(C)(C)C)n2)cc1. The van der Waals surface area contributed by atoms with E-state index < -0.39 is 0 Å². The first-order valence-electron chi connectivity index (χ1n) is 9.15. The van der Waals surface area contributed by atoms with Gasteiger partial charge in [-0.1, -0.05) is 25.9 Å². The number of rotatable bonds is 4. The normalized spacial score (nSPS) is 18.0. The third kappa shape index (κ3) is 4.23. The molecule has 0 unspecified atom stereocenters. The maximum atomic E-state index is 12.8. The first-order valence-corrected chi connectivity index (χ1v) is 9.15. The molecule has 2 aromatic rings. The Morgan fingerprint density at radius 3 is 2.65 bits per heavy atom. The van der Waals surface area contributed by atoms with Crippen LogP contribution in [-0.4, -0.2) is 34.6 Å². The average Bonchev–Trinajstić information content (AvgIpc) is 3.10. The second-order valence-corrected chi connectivity index (χ2v) is 8.02. The van der Waals surface area contributed by atoms with Crippen molar-refractivity contribution in [1.29, 1.82) is 0 Å². The van der Waals surface area contributed by atoms with E-state index in [1.54, 1.807) is 7.11 Å². The summed E-state index contributed by atoms with van der Waals surface area (Å²) in [6.45, 7) is 6.99. The Kier molecular flexibility index (Phi) is 5.30. The van der Waals surface area contributed by atoms with Crippen LogP contribution in [0, 0.1) is 5.41 Å². The maximum absolute atomic E-state index is 12.8. The highest BCUT2D eigenvalue weighted by Crippen LogP contribution is 2.33. The number of benzene rings is 1. The molecule has 6 heteroatoms. The number of aromatic nitrogens is 2. The Hall–Kier alpha value is -2.37. The largest absolute Gasteiger partial charge is 0.497 e. The molecule has 0 spiro atoms. The summed E-state index contributed by atoms with van der Waals surface area (Å²) in [6, 6.07) is 7.40. The maximum Gasteiger partial charge on any atom is 0.249 e. The molecule has 26 heavy (non-hydrogen) atoms. The van der Waals surface area contributed by atoms with Crippen molar-refractivity contribution < 1.29 is 14.1 Å². The summed E-state index contributed by atoms with van der Waals surface area (Å²) in [4.78, 5) is 19.3. The Morgan fingerprint density at radius 2 is 2.00 bits per heavy atom. The number of hydrogen-bond donors (Lipinski definition) is 0. The average molecular weight is 357 g/mol. The number of piperidine rings is 1. The molecule has 140 valence electrons. The number of likely N-dealkylation sites (tertiary alicyclic amines) is 1. The standard InChI is InChI=1S/C20H27N3O3/c1-20(2,3)13-17(24)23-12-6-5-7-16(23)19-21-18(22-26-19)14-8-10-15(25-4)11-9-14/h8-11,16H,5-7,12-13H2,1-4H3/t16-/m0/s1. The van der Waals surface area contributed by atoms with Gasteiger partial charge in [0.25, 0.3) is 0 Å². The molecule has 0 radical (unpaired) electrons. The van der Waals surface area contributed by atoms with Gasteiger partial charge < -0.3 is 14.2 Å². The number of ether oxygens (including phenoxy) is 1. The third-order valence-corrected chi connectivity index (χ3v) is 4.58. The number of carbonyl (C=O) groups is 1. The second kappa shape index (κ2) is 7.48. The summed E-state index contributed by atoms with van der Waals surface area (Å²) in [5.74, 6) is 2.00. The van der Waals surface area contributed by atoms with E-state index in [-0.39, 0.29) is 17.4 Å². The summed E-state index contributed by atoms with van der Waals surface area (Å²) in [5.41, 5.74) is 0.825. The van der Waals surface area contributed by atoms with Gasteiger partial charge in [0.15, 0.2) is 0 Å². The number of hydrogen-bond acceptors (Lipinski definition) is 5. The van der Waals surface area contributed by atoms with Crippen LogP contribution < -0.4 is 4.74 Å². The molecule has 1 aliphatic heterocycles. The molecule has 3 rings (SSSR count). The summed E-state index contributed by atoms with van der Waals surface area (Å²) >= 11 is 0. The molecule has 1 fully saturated rings. The van der Waals surface area contributed by atoms with Crippen molar-refractivity contribution in [1.82, 2.24) is 15.0 Å². The molecule has 1 aliphatic rings. The van der Waals surface area contributed by atoms with Crippen LogP contribution in [-0.2, 0) is 4.79 Å². The zero-order valence-electron chi connectivity index (χ0n) is 16.0. The molecule has 0 bridgehead atoms. The van der Waals surface area contributed by atoms with Gasteiger partial charge in [-0.15, -0.1) is 0 Å². The van der Waals surface area contributed by atoms with Crippen LogP contribution in [0.5, 0.6) is 5.75 Å². The highest BCUT2D eigenvalue weighted by molar-refractivity contribution is 5.77. The minimum atomic E-state index is -0.127. The van der Waals surface area contributed by atoms with Gasteiger partial charge in [0.2, 0.25) is 17.6 Å². The molecule has 0 N–H and O–H groups in total. The highest BCUT2D eigenvalue weighted by Gasteiger charge is 2.33. The summed E-state index contributed by atoms with van der Waals surface area (Å²) in [7, 11) is 1.63. The molecule has 1 amide bonds. The van der Waals surface area contributed by atoms with Gasteiger partial charge in [0.05, 0.1) is 7.11 Å². The first kappa shape index (κ1) is 18.4. The Balaban J connectivity index is 1.80. The van der Waals surface area contributed by atoms with E-state index in [4.69, 9.17) is 9.26 Å². The predicted molar refractivity (Wildman–Crippen MR) is 98.7 cm³/mol. The molecular weight excluding hydrogens is 330 g/mol. The van der Waals surface area contributed by atoms with Crippen molar-refractivity contribution in [2.45, 2.75) is 52.5 Å². The van der Waals surface area contributed by atoms with E-state index >= 15 is 0 Å². The van der Waals surface area contributed by atoms with Gasteiger partial charge >= 0.3 is 0 Å². The van der Waals surface area contributed by atoms with E-state index in [1.165, 1.54) is 0 Å². The molecule has 1 aromatic carbocycles. The van der Waals surface area contributed by atoms with Gasteiger partial charge in [-0.05, 0) is 48.9 Å². The second-order valence-electron chi connectivity index (χ2n) is 8.02. The Labute approximate surface area is 154 Å². The third-order valence-electron chi connectivity index (χ3n) is 4.58. The smallest absolute Gasteiger partial charge is 0.249 e. The minimum Gasteiger partial charge on any atom is -0.497 e. The number of carbonyl (C=O) groups excluding carboxylic acids is 1. The van der Waals surface area contributed by atoms with Gasteiger partial charge in [-0.25, -0.2) is 0 Å². The van der Waals surface area contributed by atoms with E-state index in [2.05, 4.69) is 30.9 Å².